The molecule has 1 amide bonds. The van der Waals surface area contributed by atoms with Crippen LogP contribution in [0.5, 0.6) is 0 Å². The van der Waals surface area contributed by atoms with E-state index in [2.05, 4.69) is 15.3 Å². The molecule has 1 saturated heterocycles. The molecule has 0 saturated carbocycles. The molecule has 3 rings (SSSR count). The van der Waals surface area contributed by atoms with Crippen LogP contribution in [-0.4, -0.2) is 43.1 Å². The first-order valence-electron chi connectivity index (χ1n) is 8.02. The molecule has 1 unspecified atom stereocenters. The summed E-state index contributed by atoms with van der Waals surface area (Å²) in [6.07, 6.45) is 1.89. The van der Waals surface area contributed by atoms with Gasteiger partial charge >= 0.3 is 0 Å². The number of aromatic nitrogens is 2. The van der Waals surface area contributed by atoms with Gasteiger partial charge in [-0.1, -0.05) is 12.1 Å². The maximum Gasteiger partial charge on any atom is 0.276 e. The van der Waals surface area contributed by atoms with Gasteiger partial charge in [0.25, 0.3) is 5.56 Å². The van der Waals surface area contributed by atoms with Crippen LogP contribution in [0.4, 0.5) is 21.6 Å². The first-order valence-corrected chi connectivity index (χ1v) is 8.02. The molecule has 1 aliphatic heterocycles. The van der Waals surface area contributed by atoms with Gasteiger partial charge < -0.3 is 20.1 Å². The average molecular weight is 345 g/mol. The molecule has 1 aliphatic rings. The fourth-order valence-electron chi connectivity index (χ4n) is 2.97. The van der Waals surface area contributed by atoms with Crippen molar-refractivity contribution in [3.63, 3.8) is 0 Å². The lowest BCUT2D eigenvalue weighted by atomic mass is 10.1. The largest absolute Gasteiger partial charge is 0.368 e. The molecule has 0 spiro atoms. The van der Waals surface area contributed by atoms with Gasteiger partial charge in [0.15, 0.2) is 11.5 Å². The predicted molar refractivity (Wildman–Crippen MR) is 94.5 cm³/mol. The summed E-state index contributed by atoms with van der Waals surface area (Å²) in [7, 11) is 3.49. The number of hydrogen-bond acceptors (Lipinski definition) is 5. The van der Waals surface area contributed by atoms with Crippen LogP contribution in [0.3, 0.4) is 0 Å². The van der Waals surface area contributed by atoms with Crippen molar-refractivity contribution in [2.45, 2.75) is 6.42 Å². The lowest BCUT2D eigenvalue weighted by Crippen LogP contribution is -2.31. The molecule has 25 heavy (non-hydrogen) atoms. The van der Waals surface area contributed by atoms with Crippen LogP contribution in [0.15, 0.2) is 35.4 Å². The third-order valence-electron chi connectivity index (χ3n) is 4.26. The molecule has 1 fully saturated rings. The number of amides is 1. The van der Waals surface area contributed by atoms with E-state index in [9.17, 15) is 14.0 Å². The Morgan fingerprint density at radius 1 is 1.40 bits per heavy atom. The van der Waals surface area contributed by atoms with E-state index in [1.54, 1.807) is 37.2 Å². The number of rotatable bonds is 4. The molecule has 1 aromatic carbocycles. The van der Waals surface area contributed by atoms with E-state index in [-0.39, 0.29) is 23.3 Å². The zero-order valence-electron chi connectivity index (χ0n) is 14.1. The summed E-state index contributed by atoms with van der Waals surface area (Å²) in [5, 5.41) is 2.68. The van der Waals surface area contributed by atoms with Gasteiger partial charge in [-0.25, -0.2) is 9.37 Å². The molecular weight excluding hydrogens is 325 g/mol. The standard InChI is InChI=1S/C17H20FN5O2/c1-22(2)15-14(17(25)20-10-19-15)21-16(24)11-7-8-23(9-11)13-6-4-3-5-12(13)18/h3-6,10-11H,7-9H2,1-2H3,(H,21,24)(H,19,20,25). The number of nitrogens with one attached hydrogen (secondary N) is 2. The summed E-state index contributed by atoms with van der Waals surface area (Å²) in [6.45, 7) is 0.991. The van der Waals surface area contributed by atoms with Gasteiger partial charge in [-0.05, 0) is 18.6 Å². The second-order valence-corrected chi connectivity index (χ2v) is 6.20. The summed E-state index contributed by atoms with van der Waals surface area (Å²) in [4.78, 5) is 34.7. The van der Waals surface area contributed by atoms with Crippen molar-refractivity contribution in [3.05, 3.63) is 46.8 Å². The number of nitrogens with zero attached hydrogens (tertiary/aromatic N) is 3. The maximum absolute atomic E-state index is 13.9. The smallest absolute Gasteiger partial charge is 0.276 e. The molecule has 0 aliphatic carbocycles. The van der Waals surface area contributed by atoms with E-state index in [4.69, 9.17) is 0 Å². The van der Waals surface area contributed by atoms with Crippen molar-refractivity contribution in [1.82, 2.24) is 9.97 Å². The molecule has 0 bridgehead atoms. The number of para-hydroxylation sites is 1. The Morgan fingerprint density at radius 2 is 2.16 bits per heavy atom. The first-order chi connectivity index (χ1) is 12.0. The van der Waals surface area contributed by atoms with E-state index < -0.39 is 5.56 Å². The van der Waals surface area contributed by atoms with Crippen LogP contribution in [0, 0.1) is 11.7 Å². The number of anilines is 3. The molecule has 7 nitrogen and oxygen atoms in total. The quantitative estimate of drug-likeness (QED) is 0.876. The minimum atomic E-state index is -0.406. The zero-order chi connectivity index (χ0) is 18.0. The summed E-state index contributed by atoms with van der Waals surface area (Å²) >= 11 is 0. The minimum Gasteiger partial charge on any atom is -0.368 e. The average Bonchev–Trinajstić information content (AvgIpc) is 3.06. The van der Waals surface area contributed by atoms with Crippen molar-refractivity contribution in [3.8, 4) is 0 Å². The summed E-state index contributed by atoms with van der Waals surface area (Å²) in [5.41, 5.74) is 0.212. The van der Waals surface area contributed by atoms with Crippen molar-refractivity contribution < 1.29 is 9.18 Å². The minimum absolute atomic E-state index is 0.127. The number of carbonyl (C=O) groups excluding carboxylic acids is 1. The van der Waals surface area contributed by atoms with Crippen LogP contribution in [0.2, 0.25) is 0 Å². The van der Waals surface area contributed by atoms with Crippen molar-refractivity contribution in [2.24, 2.45) is 5.92 Å². The number of H-pyrrole nitrogens is 1. The zero-order valence-corrected chi connectivity index (χ0v) is 14.1. The van der Waals surface area contributed by atoms with Gasteiger partial charge in [0.05, 0.1) is 17.9 Å². The maximum atomic E-state index is 13.9. The van der Waals surface area contributed by atoms with Crippen molar-refractivity contribution in [2.75, 3.05) is 42.3 Å². The van der Waals surface area contributed by atoms with Gasteiger partial charge in [-0.3, -0.25) is 9.59 Å². The Bertz CT molecular complexity index is 836. The van der Waals surface area contributed by atoms with Crippen LogP contribution in [-0.2, 0) is 4.79 Å². The number of halogens is 1. The fourth-order valence-corrected chi connectivity index (χ4v) is 2.97. The highest BCUT2D eigenvalue weighted by Crippen LogP contribution is 2.27. The van der Waals surface area contributed by atoms with E-state index in [1.165, 1.54) is 12.4 Å². The summed E-state index contributed by atoms with van der Waals surface area (Å²) in [5.74, 6) is -0.502. The highest BCUT2D eigenvalue weighted by Gasteiger charge is 2.30. The van der Waals surface area contributed by atoms with Gasteiger partial charge in [0, 0.05) is 27.2 Å². The van der Waals surface area contributed by atoms with Gasteiger partial charge in [-0.15, -0.1) is 0 Å². The summed E-state index contributed by atoms with van der Waals surface area (Å²) in [6, 6.07) is 6.51. The van der Waals surface area contributed by atoms with Gasteiger partial charge in [0.1, 0.15) is 5.82 Å². The second-order valence-electron chi connectivity index (χ2n) is 6.20. The highest BCUT2D eigenvalue weighted by atomic mass is 19.1. The molecule has 1 aromatic heterocycles. The van der Waals surface area contributed by atoms with Crippen LogP contribution >= 0.6 is 0 Å². The van der Waals surface area contributed by atoms with E-state index in [0.29, 0.717) is 31.0 Å². The molecule has 2 aromatic rings. The monoisotopic (exact) mass is 345 g/mol. The van der Waals surface area contributed by atoms with E-state index >= 15 is 0 Å². The lowest BCUT2D eigenvalue weighted by Gasteiger charge is -2.19. The van der Waals surface area contributed by atoms with Gasteiger partial charge in [-0.2, -0.15) is 0 Å². The fraction of sp³-hybridized carbons (Fsp3) is 0.353. The predicted octanol–water partition coefficient (Wildman–Crippen LogP) is 1.44. The Morgan fingerprint density at radius 3 is 2.88 bits per heavy atom. The first kappa shape index (κ1) is 16.9. The van der Waals surface area contributed by atoms with Crippen molar-refractivity contribution >= 4 is 23.1 Å². The third-order valence-corrected chi connectivity index (χ3v) is 4.26. The van der Waals surface area contributed by atoms with Crippen LogP contribution < -0.4 is 20.7 Å². The third kappa shape index (κ3) is 3.47. The number of benzene rings is 1. The Hall–Kier alpha value is -2.90. The van der Waals surface area contributed by atoms with E-state index in [0.717, 1.165) is 0 Å². The summed E-state index contributed by atoms with van der Waals surface area (Å²) < 4.78 is 13.9. The Kier molecular flexibility index (Phi) is 4.69. The Labute approximate surface area is 144 Å². The van der Waals surface area contributed by atoms with Crippen LogP contribution in [0.1, 0.15) is 6.42 Å². The molecule has 1 atom stereocenters. The molecule has 132 valence electrons. The SMILES string of the molecule is CN(C)c1nc[nH]c(=O)c1NC(=O)C1CCN(c2ccccc2F)C1. The van der Waals surface area contributed by atoms with Gasteiger partial charge in [0.2, 0.25) is 5.91 Å². The molecule has 2 heterocycles. The normalized spacial score (nSPS) is 16.8. The van der Waals surface area contributed by atoms with E-state index in [1.807, 2.05) is 4.90 Å². The van der Waals surface area contributed by atoms with Crippen LogP contribution in [0.25, 0.3) is 0 Å². The second kappa shape index (κ2) is 6.92. The topological polar surface area (TPSA) is 81.3 Å². The molecule has 0 radical (unpaired) electrons. The van der Waals surface area contributed by atoms with Crippen molar-refractivity contribution in [1.29, 1.82) is 0 Å². The molecular formula is C17H20FN5O2. The lowest BCUT2D eigenvalue weighted by molar-refractivity contribution is -0.119. The Balaban J connectivity index is 1.74. The molecule has 2 N–H and O–H groups in total. The highest BCUT2D eigenvalue weighted by molar-refractivity contribution is 5.95. The number of hydrogen-bond donors (Lipinski definition) is 2. The number of aromatic amines is 1. The number of carbonyl (C=O) groups is 1. The molecule has 8 heteroatoms.